The van der Waals surface area contributed by atoms with Gasteiger partial charge in [-0.1, -0.05) is 36.4 Å². The number of ether oxygens (including phenoxy) is 1. The van der Waals surface area contributed by atoms with Crippen LogP contribution in [0.1, 0.15) is 36.0 Å². The molecule has 2 aromatic rings. The largest absolute Gasteiger partial charge is 0.497 e. The summed E-state index contributed by atoms with van der Waals surface area (Å²) in [6, 6.07) is 16.4. The number of carbonyl (C=O) groups is 3. The molecule has 0 saturated carbocycles. The van der Waals surface area contributed by atoms with E-state index in [4.69, 9.17) is 4.74 Å². The van der Waals surface area contributed by atoms with E-state index in [2.05, 4.69) is 29.2 Å². The van der Waals surface area contributed by atoms with Crippen molar-refractivity contribution in [3.05, 3.63) is 65.2 Å². The third-order valence-corrected chi connectivity index (χ3v) is 8.12. The molecule has 184 valence electrons. The summed E-state index contributed by atoms with van der Waals surface area (Å²) in [5, 5.41) is 0. The monoisotopic (exact) mass is 475 g/mol. The lowest BCUT2D eigenvalue weighted by Crippen LogP contribution is -2.54. The van der Waals surface area contributed by atoms with Crippen molar-refractivity contribution >= 4 is 17.7 Å². The second kappa shape index (κ2) is 9.46. The van der Waals surface area contributed by atoms with Gasteiger partial charge in [0.05, 0.1) is 12.5 Å². The topological polar surface area (TPSA) is 70.2 Å². The number of imide groups is 1. The lowest BCUT2D eigenvalue weighted by molar-refractivity contribution is -0.142. The summed E-state index contributed by atoms with van der Waals surface area (Å²) >= 11 is 0. The molecule has 3 amide bonds. The van der Waals surface area contributed by atoms with E-state index in [9.17, 15) is 14.4 Å². The van der Waals surface area contributed by atoms with Crippen LogP contribution in [0, 0.1) is 0 Å². The van der Waals surface area contributed by atoms with Crippen molar-refractivity contribution in [3.8, 4) is 5.75 Å². The number of aryl methyl sites for hydroxylation is 1. The fourth-order valence-corrected chi connectivity index (χ4v) is 5.97. The summed E-state index contributed by atoms with van der Waals surface area (Å²) < 4.78 is 5.35. The zero-order valence-electron chi connectivity index (χ0n) is 20.5. The Morgan fingerprint density at radius 1 is 1.03 bits per heavy atom. The summed E-state index contributed by atoms with van der Waals surface area (Å²) in [4.78, 5) is 44.9. The molecular weight excluding hydrogens is 442 g/mol. The van der Waals surface area contributed by atoms with Crippen LogP contribution in [-0.4, -0.2) is 78.8 Å². The standard InChI is InChI=1S/C28H33N3O4/c1-29-25(32)18-28(27(29)34,22-8-5-9-24(17-22)35-2)19-26(33)31-14-12-30(13-15-31)23-11-10-20-6-3-4-7-21(20)16-23/h3-9,17,23H,10-16,18-19H2,1-2H3/t23-,28-/m0/s1. The van der Waals surface area contributed by atoms with E-state index in [0.717, 1.165) is 37.3 Å². The van der Waals surface area contributed by atoms with Gasteiger partial charge in [0.1, 0.15) is 5.75 Å². The molecule has 2 aliphatic heterocycles. The Balaban J connectivity index is 1.28. The molecule has 0 bridgehead atoms. The summed E-state index contributed by atoms with van der Waals surface area (Å²) in [6.45, 7) is 2.95. The second-order valence-corrected chi connectivity index (χ2v) is 10.0. The van der Waals surface area contributed by atoms with Crippen molar-refractivity contribution in [1.82, 2.24) is 14.7 Å². The van der Waals surface area contributed by atoms with Crippen LogP contribution >= 0.6 is 0 Å². The predicted octanol–water partition coefficient (Wildman–Crippen LogP) is 2.41. The van der Waals surface area contributed by atoms with Gasteiger partial charge in [-0.05, 0) is 48.1 Å². The van der Waals surface area contributed by atoms with Crippen LogP contribution in [0.5, 0.6) is 5.75 Å². The van der Waals surface area contributed by atoms with Crippen LogP contribution < -0.4 is 4.74 Å². The van der Waals surface area contributed by atoms with Crippen molar-refractivity contribution in [1.29, 1.82) is 0 Å². The number of benzene rings is 2. The minimum absolute atomic E-state index is 0.00267. The Labute approximate surface area is 206 Å². The van der Waals surface area contributed by atoms with Gasteiger partial charge in [0.2, 0.25) is 17.7 Å². The number of likely N-dealkylation sites (tertiary alicyclic amines) is 1. The number of carbonyl (C=O) groups excluding carboxylic acids is 3. The highest BCUT2D eigenvalue weighted by molar-refractivity contribution is 6.10. The van der Waals surface area contributed by atoms with E-state index in [1.807, 2.05) is 11.0 Å². The van der Waals surface area contributed by atoms with Crippen molar-refractivity contribution in [2.24, 2.45) is 0 Å². The molecule has 0 unspecified atom stereocenters. The number of piperazine rings is 1. The second-order valence-electron chi connectivity index (χ2n) is 10.0. The third kappa shape index (κ3) is 4.33. The Kier molecular flexibility index (Phi) is 6.36. The molecule has 2 fully saturated rings. The van der Waals surface area contributed by atoms with Crippen molar-refractivity contribution in [2.75, 3.05) is 40.3 Å². The number of nitrogens with zero attached hydrogens (tertiary/aromatic N) is 3. The maximum Gasteiger partial charge on any atom is 0.240 e. The summed E-state index contributed by atoms with van der Waals surface area (Å²) in [5.41, 5.74) is 2.38. The van der Waals surface area contributed by atoms with Crippen LogP contribution in [0.3, 0.4) is 0 Å². The van der Waals surface area contributed by atoms with Gasteiger partial charge in [-0.3, -0.25) is 24.2 Å². The SMILES string of the molecule is COc1cccc([C@@]2(CC(=O)N3CCN([C@H]4CCc5ccccc5C4)CC3)CC(=O)N(C)C2=O)c1. The molecule has 1 aliphatic carbocycles. The van der Waals surface area contributed by atoms with Crippen molar-refractivity contribution in [3.63, 3.8) is 0 Å². The summed E-state index contributed by atoms with van der Waals surface area (Å²) in [5.74, 6) is -0.0404. The molecule has 35 heavy (non-hydrogen) atoms. The average Bonchev–Trinajstić information content (AvgIpc) is 3.12. The number of hydrogen-bond donors (Lipinski definition) is 0. The fraction of sp³-hybridized carbons (Fsp3) is 0.464. The molecule has 3 aliphatic rings. The van der Waals surface area contributed by atoms with Crippen molar-refractivity contribution < 1.29 is 19.1 Å². The van der Waals surface area contributed by atoms with Gasteiger partial charge in [-0.25, -0.2) is 0 Å². The molecule has 0 N–H and O–H groups in total. The molecule has 0 aromatic heterocycles. The van der Waals surface area contributed by atoms with Crippen LogP contribution in [-0.2, 0) is 32.6 Å². The molecule has 2 atom stereocenters. The van der Waals surface area contributed by atoms with Crippen LogP contribution in [0.15, 0.2) is 48.5 Å². The van der Waals surface area contributed by atoms with E-state index in [-0.39, 0.29) is 30.6 Å². The third-order valence-electron chi connectivity index (χ3n) is 8.12. The van der Waals surface area contributed by atoms with Crippen LogP contribution in [0.2, 0.25) is 0 Å². The predicted molar refractivity (Wildman–Crippen MR) is 132 cm³/mol. The number of likely N-dealkylation sites (N-methyl/N-ethyl adjacent to an activating group) is 1. The maximum absolute atomic E-state index is 13.5. The number of amides is 3. The van der Waals surface area contributed by atoms with Crippen molar-refractivity contribution in [2.45, 2.75) is 43.6 Å². The fourth-order valence-electron chi connectivity index (χ4n) is 5.97. The smallest absolute Gasteiger partial charge is 0.240 e. The van der Waals surface area contributed by atoms with E-state index >= 15 is 0 Å². The first-order valence-electron chi connectivity index (χ1n) is 12.5. The first kappa shape index (κ1) is 23.5. The van der Waals surface area contributed by atoms with Gasteiger partial charge in [-0.15, -0.1) is 0 Å². The van der Waals surface area contributed by atoms with E-state index in [1.165, 1.54) is 18.2 Å². The Morgan fingerprint density at radius 3 is 2.46 bits per heavy atom. The number of hydrogen-bond acceptors (Lipinski definition) is 5. The highest BCUT2D eigenvalue weighted by atomic mass is 16.5. The Bertz CT molecular complexity index is 1140. The maximum atomic E-state index is 13.5. The normalized spacial score (nSPS) is 25.0. The average molecular weight is 476 g/mol. The summed E-state index contributed by atoms with van der Waals surface area (Å²) in [6.07, 6.45) is 3.31. The molecule has 0 spiro atoms. The first-order valence-corrected chi connectivity index (χ1v) is 12.5. The van der Waals surface area contributed by atoms with E-state index in [1.54, 1.807) is 25.3 Å². The quantitative estimate of drug-likeness (QED) is 0.622. The lowest BCUT2D eigenvalue weighted by Gasteiger charge is -2.41. The number of methoxy groups -OCH3 is 1. The molecular formula is C28H33N3O4. The zero-order chi connectivity index (χ0) is 24.6. The Hall–Kier alpha value is -3.19. The van der Waals surface area contributed by atoms with Crippen LogP contribution in [0.25, 0.3) is 0 Å². The molecule has 7 nitrogen and oxygen atoms in total. The molecule has 5 rings (SSSR count). The number of rotatable bonds is 5. The van der Waals surface area contributed by atoms with Gasteiger partial charge >= 0.3 is 0 Å². The first-order chi connectivity index (χ1) is 16.9. The lowest BCUT2D eigenvalue weighted by atomic mass is 9.75. The molecule has 2 aromatic carbocycles. The highest BCUT2D eigenvalue weighted by Crippen LogP contribution is 2.41. The van der Waals surface area contributed by atoms with E-state index < -0.39 is 5.41 Å². The number of fused-ring (bicyclic) bond motifs is 1. The van der Waals surface area contributed by atoms with Gasteiger partial charge in [0.25, 0.3) is 0 Å². The highest BCUT2D eigenvalue weighted by Gasteiger charge is 2.53. The van der Waals surface area contributed by atoms with Gasteiger partial charge in [-0.2, -0.15) is 0 Å². The molecule has 7 heteroatoms. The van der Waals surface area contributed by atoms with E-state index in [0.29, 0.717) is 30.4 Å². The summed E-state index contributed by atoms with van der Waals surface area (Å²) in [7, 11) is 3.06. The minimum atomic E-state index is -1.18. The van der Waals surface area contributed by atoms with Gasteiger partial charge < -0.3 is 9.64 Å². The molecule has 2 heterocycles. The minimum Gasteiger partial charge on any atom is -0.497 e. The Morgan fingerprint density at radius 2 is 1.77 bits per heavy atom. The molecule has 2 saturated heterocycles. The van der Waals surface area contributed by atoms with Gasteiger partial charge in [0, 0.05) is 52.1 Å². The zero-order valence-corrected chi connectivity index (χ0v) is 20.5. The van der Waals surface area contributed by atoms with Crippen LogP contribution in [0.4, 0.5) is 0 Å². The van der Waals surface area contributed by atoms with Gasteiger partial charge in [0.15, 0.2) is 0 Å². The molecule has 0 radical (unpaired) electrons.